The highest BCUT2D eigenvalue weighted by Crippen LogP contribution is 2.37. The lowest BCUT2D eigenvalue weighted by atomic mass is 10.0. The second kappa shape index (κ2) is 7.65. The van der Waals surface area contributed by atoms with Crippen LogP contribution in [0.5, 0.6) is 11.5 Å². The standard InChI is InChI=1S/C20H15NO5S2/c22-18-17(10-13-6-7-15-16(9-13)26-11-25-15)28-20(27)21(18)14(19(23)24)8-12-4-2-1-3-5-12/h1-7,9-10,14H,8,11H2,(H,23,24)/b17-10-. The number of rotatable bonds is 5. The zero-order valence-electron chi connectivity index (χ0n) is 14.5. The van der Waals surface area contributed by atoms with E-state index < -0.39 is 17.9 Å². The molecule has 1 atom stereocenters. The highest BCUT2D eigenvalue weighted by molar-refractivity contribution is 8.26. The molecule has 2 aliphatic heterocycles. The number of carbonyl (C=O) groups excluding carboxylic acids is 1. The SMILES string of the molecule is O=C(O)C(Cc1ccccc1)N1C(=O)/C(=C/c2ccc3c(c2)OCO3)SC1=S. The van der Waals surface area contributed by atoms with Gasteiger partial charge in [-0.3, -0.25) is 9.69 Å². The van der Waals surface area contributed by atoms with Gasteiger partial charge in [-0.25, -0.2) is 4.79 Å². The van der Waals surface area contributed by atoms with Gasteiger partial charge >= 0.3 is 5.97 Å². The summed E-state index contributed by atoms with van der Waals surface area (Å²) in [7, 11) is 0. The van der Waals surface area contributed by atoms with E-state index in [1.807, 2.05) is 30.3 Å². The molecule has 1 saturated heterocycles. The van der Waals surface area contributed by atoms with Gasteiger partial charge in [-0.2, -0.15) is 0 Å². The van der Waals surface area contributed by atoms with Gasteiger partial charge in [-0.1, -0.05) is 60.4 Å². The molecule has 0 radical (unpaired) electrons. The predicted molar refractivity (Wildman–Crippen MR) is 109 cm³/mol. The maximum Gasteiger partial charge on any atom is 0.327 e. The molecular weight excluding hydrogens is 398 g/mol. The molecular formula is C20H15NO5S2. The van der Waals surface area contributed by atoms with E-state index >= 15 is 0 Å². The average molecular weight is 413 g/mol. The monoisotopic (exact) mass is 413 g/mol. The van der Waals surface area contributed by atoms with E-state index in [9.17, 15) is 14.7 Å². The molecule has 0 bridgehead atoms. The van der Waals surface area contributed by atoms with Crippen LogP contribution in [0.3, 0.4) is 0 Å². The van der Waals surface area contributed by atoms with E-state index in [0.29, 0.717) is 16.4 Å². The summed E-state index contributed by atoms with van der Waals surface area (Å²) in [5.74, 6) is -0.240. The Balaban J connectivity index is 1.59. The highest BCUT2D eigenvalue weighted by atomic mass is 32.2. The lowest BCUT2D eigenvalue weighted by Gasteiger charge is -2.23. The number of carboxylic acids is 1. The number of ether oxygens (including phenoxy) is 2. The maximum atomic E-state index is 12.9. The Morgan fingerprint density at radius 1 is 1.21 bits per heavy atom. The molecule has 6 nitrogen and oxygen atoms in total. The largest absolute Gasteiger partial charge is 0.480 e. The van der Waals surface area contributed by atoms with E-state index in [4.69, 9.17) is 21.7 Å². The van der Waals surface area contributed by atoms with Crippen LogP contribution in [-0.4, -0.2) is 39.0 Å². The summed E-state index contributed by atoms with van der Waals surface area (Å²) in [6.07, 6.45) is 1.86. The fourth-order valence-corrected chi connectivity index (χ4v) is 4.39. The van der Waals surface area contributed by atoms with Crippen LogP contribution in [0.4, 0.5) is 0 Å². The number of fused-ring (bicyclic) bond motifs is 1. The van der Waals surface area contributed by atoms with Crippen molar-refractivity contribution in [2.24, 2.45) is 0 Å². The third kappa shape index (κ3) is 3.61. The third-order valence-electron chi connectivity index (χ3n) is 4.39. The number of carboxylic acid groups (broad SMARTS) is 1. The van der Waals surface area contributed by atoms with Gasteiger partial charge in [0.25, 0.3) is 5.91 Å². The molecule has 4 rings (SSSR count). The number of benzene rings is 2. The summed E-state index contributed by atoms with van der Waals surface area (Å²) in [4.78, 5) is 26.3. The first-order chi connectivity index (χ1) is 13.5. The lowest BCUT2D eigenvalue weighted by molar-refractivity contribution is -0.145. The van der Waals surface area contributed by atoms with Crippen molar-refractivity contribution in [1.29, 1.82) is 0 Å². The molecule has 142 valence electrons. The number of carbonyl (C=O) groups is 2. The Labute approximate surface area is 170 Å². The van der Waals surface area contributed by atoms with Crippen LogP contribution in [0, 0.1) is 0 Å². The van der Waals surface area contributed by atoms with Crippen LogP contribution in [0.25, 0.3) is 6.08 Å². The first-order valence-corrected chi connectivity index (χ1v) is 9.69. The minimum Gasteiger partial charge on any atom is -0.480 e. The first-order valence-electron chi connectivity index (χ1n) is 8.46. The number of hydrogen-bond donors (Lipinski definition) is 1. The molecule has 0 aromatic heterocycles. The normalized spacial score (nSPS) is 18.0. The molecule has 0 aliphatic carbocycles. The van der Waals surface area contributed by atoms with Crippen molar-refractivity contribution in [1.82, 2.24) is 4.90 Å². The lowest BCUT2D eigenvalue weighted by Crippen LogP contribution is -2.45. The van der Waals surface area contributed by atoms with Crippen LogP contribution in [0.1, 0.15) is 11.1 Å². The molecule has 1 fully saturated rings. The first kappa shape index (κ1) is 18.5. The highest BCUT2D eigenvalue weighted by Gasteiger charge is 2.40. The van der Waals surface area contributed by atoms with Crippen molar-refractivity contribution in [3.8, 4) is 11.5 Å². The Morgan fingerprint density at radius 2 is 1.96 bits per heavy atom. The van der Waals surface area contributed by atoms with Crippen molar-refractivity contribution in [2.75, 3.05) is 6.79 Å². The van der Waals surface area contributed by atoms with E-state index in [1.54, 1.807) is 24.3 Å². The van der Waals surface area contributed by atoms with Gasteiger partial charge in [0, 0.05) is 6.42 Å². The van der Waals surface area contributed by atoms with Gasteiger partial charge in [0.1, 0.15) is 10.4 Å². The summed E-state index contributed by atoms with van der Waals surface area (Å²) in [5.41, 5.74) is 1.57. The van der Waals surface area contributed by atoms with Gasteiger partial charge in [0.05, 0.1) is 4.91 Å². The minimum absolute atomic E-state index is 0.167. The number of nitrogens with zero attached hydrogens (tertiary/aromatic N) is 1. The number of aliphatic carboxylic acids is 1. The van der Waals surface area contributed by atoms with Gasteiger partial charge in [-0.05, 0) is 29.3 Å². The molecule has 2 aliphatic rings. The van der Waals surface area contributed by atoms with Crippen LogP contribution < -0.4 is 9.47 Å². The molecule has 0 spiro atoms. The molecule has 2 heterocycles. The van der Waals surface area contributed by atoms with Gasteiger partial charge < -0.3 is 14.6 Å². The quantitative estimate of drug-likeness (QED) is 0.595. The van der Waals surface area contributed by atoms with E-state index in [-0.39, 0.29) is 17.5 Å². The Bertz CT molecular complexity index is 989. The van der Waals surface area contributed by atoms with Crippen molar-refractivity contribution in [3.63, 3.8) is 0 Å². The molecule has 1 amide bonds. The molecule has 28 heavy (non-hydrogen) atoms. The summed E-state index contributed by atoms with van der Waals surface area (Å²) < 4.78 is 10.9. The van der Waals surface area contributed by atoms with Crippen molar-refractivity contribution >= 4 is 46.3 Å². The molecule has 0 saturated carbocycles. The topological polar surface area (TPSA) is 76.1 Å². The predicted octanol–water partition coefficient (Wildman–Crippen LogP) is 3.31. The second-order valence-corrected chi connectivity index (χ2v) is 7.88. The second-order valence-electron chi connectivity index (χ2n) is 6.21. The number of thioether (sulfide) groups is 1. The number of amides is 1. The zero-order valence-corrected chi connectivity index (χ0v) is 16.2. The van der Waals surface area contributed by atoms with Gasteiger partial charge in [-0.15, -0.1) is 0 Å². The van der Waals surface area contributed by atoms with Gasteiger partial charge in [0.2, 0.25) is 6.79 Å². The Morgan fingerprint density at radius 3 is 2.71 bits per heavy atom. The molecule has 2 aromatic rings. The summed E-state index contributed by atoms with van der Waals surface area (Å²) in [5, 5.41) is 9.70. The molecule has 8 heteroatoms. The summed E-state index contributed by atoms with van der Waals surface area (Å²) >= 11 is 6.42. The number of thiocarbonyl (C=S) groups is 1. The van der Waals surface area contributed by atoms with Gasteiger partial charge in [0.15, 0.2) is 11.5 Å². The maximum absolute atomic E-state index is 12.9. The van der Waals surface area contributed by atoms with Crippen LogP contribution in [0.2, 0.25) is 0 Å². The molecule has 2 aromatic carbocycles. The Hall–Kier alpha value is -2.84. The van der Waals surface area contributed by atoms with E-state index in [1.165, 1.54) is 4.90 Å². The van der Waals surface area contributed by atoms with E-state index in [0.717, 1.165) is 22.9 Å². The van der Waals surface area contributed by atoms with Crippen LogP contribution in [-0.2, 0) is 16.0 Å². The minimum atomic E-state index is -1.09. The average Bonchev–Trinajstić information content (AvgIpc) is 3.25. The van der Waals surface area contributed by atoms with E-state index in [2.05, 4.69) is 0 Å². The zero-order chi connectivity index (χ0) is 19.7. The van der Waals surface area contributed by atoms with Crippen molar-refractivity contribution in [2.45, 2.75) is 12.5 Å². The van der Waals surface area contributed by atoms with Crippen LogP contribution >= 0.6 is 24.0 Å². The fourth-order valence-electron chi connectivity index (χ4n) is 3.03. The van der Waals surface area contributed by atoms with Crippen molar-refractivity contribution in [3.05, 3.63) is 64.6 Å². The summed E-state index contributed by atoms with van der Waals surface area (Å²) in [6, 6.07) is 13.5. The molecule has 1 N–H and O–H groups in total. The fraction of sp³-hybridized carbons (Fsp3) is 0.150. The summed E-state index contributed by atoms with van der Waals surface area (Å²) in [6.45, 7) is 0.167. The Kier molecular flexibility index (Phi) is 5.06. The van der Waals surface area contributed by atoms with Crippen LogP contribution in [0.15, 0.2) is 53.4 Å². The smallest absolute Gasteiger partial charge is 0.327 e. The third-order valence-corrected chi connectivity index (χ3v) is 5.72. The number of hydrogen-bond acceptors (Lipinski definition) is 6. The van der Waals surface area contributed by atoms with Crippen molar-refractivity contribution < 1.29 is 24.2 Å². The molecule has 1 unspecified atom stereocenters.